The maximum atomic E-state index is 12.1. The number of hydrogen-bond donors (Lipinski definition) is 0. The molecule has 0 aliphatic heterocycles. The van der Waals surface area contributed by atoms with Gasteiger partial charge in [-0.05, 0) is 39.1 Å². The van der Waals surface area contributed by atoms with Crippen LogP contribution in [0.4, 0.5) is 0 Å². The van der Waals surface area contributed by atoms with E-state index in [-0.39, 0.29) is 5.97 Å². The summed E-state index contributed by atoms with van der Waals surface area (Å²) in [5.74, 6) is -0.316. The Kier molecular flexibility index (Phi) is 5.67. The van der Waals surface area contributed by atoms with E-state index in [1.807, 2.05) is 57.4 Å². The number of aryl methyl sites for hydroxylation is 1. The van der Waals surface area contributed by atoms with Crippen molar-refractivity contribution in [3.8, 4) is 11.1 Å². The molecule has 0 N–H and O–H groups in total. The van der Waals surface area contributed by atoms with Crippen LogP contribution in [0.25, 0.3) is 11.1 Å². The van der Waals surface area contributed by atoms with Crippen molar-refractivity contribution in [2.45, 2.75) is 13.3 Å². The summed E-state index contributed by atoms with van der Waals surface area (Å²) in [5.41, 5.74) is 3.41. The number of aromatic nitrogens is 1. The van der Waals surface area contributed by atoms with Gasteiger partial charge in [0.1, 0.15) is 0 Å². The van der Waals surface area contributed by atoms with Crippen LogP contribution >= 0.6 is 0 Å². The monoisotopic (exact) mass is 298 g/mol. The summed E-state index contributed by atoms with van der Waals surface area (Å²) in [6.45, 7) is 3.26. The molecule has 0 aliphatic carbocycles. The minimum Gasteiger partial charge on any atom is -0.462 e. The lowest BCUT2D eigenvalue weighted by molar-refractivity contribution is 0.0493. The molecule has 0 atom stereocenters. The van der Waals surface area contributed by atoms with E-state index < -0.39 is 0 Å². The quantitative estimate of drug-likeness (QED) is 0.607. The topological polar surface area (TPSA) is 42.4 Å². The fraction of sp³-hybridized carbons (Fsp3) is 0.333. The van der Waals surface area contributed by atoms with Gasteiger partial charge in [-0.15, -0.1) is 0 Å². The molecule has 0 amide bonds. The minimum absolute atomic E-state index is 0.316. The molecule has 0 unspecified atom stereocenters. The maximum absolute atomic E-state index is 12.1. The normalized spacial score (nSPS) is 10.7. The smallest absolute Gasteiger partial charge is 0.339 e. The van der Waals surface area contributed by atoms with Crippen LogP contribution < -0.4 is 0 Å². The van der Waals surface area contributed by atoms with E-state index in [4.69, 9.17) is 4.74 Å². The molecule has 0 bridgehead atoms. The molecule has 1 aromatic carbocycles. The highest BCUT2D eigenvalue weighted by atomic mass is 16.5. The molecule has 1 aromatic heterocycles. The third kappa shape index (κ3) is 4.40. The van der Waals surface area contributed by atoms with Gasteiger partial charge in [0.05, 0.1) is 12.2 Å². The third-order valence-electron chi connectivity index (χ3n) is 3.39. The summed E-state index contributed by atoms with van der Waals surface area (Å²) < 4.78 is 5.30. The molecule has 116 valence electrons. The molecule has 0 aliphatic rings. The Hall–Kier alpha value is -2.20. The van der Waals surface area contributed by atoms with E-state index in [1.165, 1.54) is 0 Å². The Morgan fingerprint density at radius 2 is 1.95 bits per heavy atom. The summed E-state index contributed by atoms with van der Waals surface area (Å²) in [7, 11) is 4.00. The SMILES string of the molecule is Cc1ncc(C(=O)OCCCN(C)C)cc1-c1ccccc1. The van der Waals surface area contributed by atoms with Crippen molar-refractivity contribution in [3.63, 3.8) is 0 Å². The number of pyridine rings is 1. The van der Waals surface area contributed by atoms with Crippen molar-refractivity contribution in [1.29, 1.82) is 0 Å². The van der Waals surface area contributed by atoms with Crippen molar-refractivity contribution in [2.75, 3.05) is 27.2 Å². The Bertz CT molecular complexity index is 624. The Balaban J connectivity index is 2.07. The highest BCUT2D eigenvalue weighted by Gasteiger charge is 2.11. The Labute approximate surface area is 131 Å². The highest BCUT2D eigenvalue weighted by Crippen LogP contribution is 2.23. The molecular weight excluding hydrogens is 276 g/mol. The molecule has 4 heteroatoms. The zero-order valence-corrected chi connectivity index (χ0v) is 13.4. The second-order valence-electron chi connectivity index (χ2n) is 5.52. The first-order valence-electron chi connectivity index (χ1n) is 7.42. The predicted molar refractivity (Wildman–Crippen MR) is 87.9 cm³/mol. The molecule has 0 spiro atoms. The summed E-state index contributed by atoms with van der Waals surface area (Å²) in [4.78, 5) is 18.5. The molecule has 0 saturated carbocycles. The molecular formula is C18H22N2O2. The zero-order chi connectivity index (χ0) is 15.9. The lowest BCUT2D eigenvalue weighted by Crippen LogP contribution is -2.16. The third-order valence-corrected chi connectivity index (χ3v) is 3.39. The highest BCUT2D eigenvalue weighted by molar-refractivity contribution is 5.90. The first-order chi connectivity index (χ1) is 10.6. The molecule has 0 saturated heterocycles. The van der Waals surface area contributed by atoms with Gasteiger partial charge in [-0.3, -0.25) is 4.98 Å². The summed E-state index contributed by atoms with van der Waals surface area (Å²) in [6.07, 6.45) is 2.40. The number of carbonyl (C=O) groups excluding carboxylic acids is 1. The number of benzene rings is 1. The van der Waals surface area contributed by atoms with Gasteiger partial charge in [0.25, 0.3) is 0 Å². The van der Waals surface area contributed by atoms with E-state index in [0.29, 0.717) is 12.2 Å². The molecule has 2 rings (SSSR count). The van der Waals surface area contributed by atoms with E-state index in [1.54, 1.807) is 6.20 Å². The van der Waals surface area contributed by atoms with Gasteiger partial charge in [-0.1, -0.05) is 30.3 Å². The van der Waals surface area contributed by atoms with Gasteiger partial charge >= 0.3 is 5.97 Å². The van der Waals surface area contributed by atoms with Crippen LogP contribution in [-0.4, -0.2) is 43.1 Å². The average Bonchev–Trinajstić information content (AvgIpc) is 2.52. The van der Waals surface area contributed by atoms with Crippen molar-refractivity contribution in [2.24, 2.45) is 0 Å². The summed E-state index contributed by atoms with van der Waals surface area (Å²) in [6, 6.07) is 11.8. The molecule has 4 nitrogen and oxygen atoms in total. The average molecular weight is 298 g/mol. The van der Waals surface area contributed by atoms with Crippen LogP contribution in [0.3, 0.4) is 0 Å². The van der Waals surface area contributed by atoms with Crippen molar-refractivity contribution in [1.82, 2.24) is 9.88 Å². The molecule has 0 radical (unpaired) electrons. The van der Waals surface area contributed by atoms with Gasteiger partial charge in [0.15, 0.2) is 0 Å². The van der Waals surface area contributed by atoms with Crippen LogP contribution in [0.5, 0.6) is 0 Å². The molecule has 0 fully saturated rings. The van der Waals surface area contributed by atoms with Crippen LogP contribution in [0.2, 0.25) is 0 Å². The first-order valence-corrected chi connectivity index (χ1v) is 7.42. The Morgan fingerprint density at radius 1 is 1.23 bits per heavy atom. The number of carbonyl (C=O) groups is 1. The van der Waals surface area contributed by atoms with Gasteiger partial charge < -0.3 is 9.64 Å². The number of rotatable bonds is 6. The fourth-order valence-corrected chi connectivity index (χ4v) is 2.18. The van der Waals surface area contributed by atoms with Crippen LogP contribution in [0.1, 0.15) is 22.5 Å². The number of esters is 1. The van der Waals surface area contributed by atoms with E-state index in [2.05, 4.69) is 9.88 Å². The van der Waals surface area contributed by atoms with Gasteiger partial charge in [0.2, 0.25) is 0 Å². The standard InChI is InChI=1S/C18H22N2O2/c1-14-17(15-8-5-4-6-9-15)12-16(13-19-14)18(21)22-11-7-10-20(2)3/h4-6,8-9,12-13H,7,10-11H2,1-3H3. The molecule has 2 aromatic rings. The molecule has 1 heterocycles. The van der Waals surface area contributed by atoms with Crippen molar-refractivity contribution >= 4 is 5.97 Å². The number of nitrogens with zero attached hydrogens (tertiary/aromatic N) is 2. The fourth-order valence-electron chi connectivity index (χ4n) is 2.18. The van der Waals surface area contributed by atoms with Crippen LogP contribution in [0.15, 0.2) is 42.6 Å². The van der Waals surface area contributed by atoms with Crippen molar-refractivity contribution in [3.05, 3.63) is 53.9 Å². The van der Waals surface area contributed by atoms with E-state index in [9.17, 15) is 4.79 Å². The largest absolute Gasteiger partial charge is 0.462 e. The lowest BCUT2D eigenvalue weighted by atomic mass is 10.0. The van der Waals surface area contributed by atoms with Crippen LogP contribution in [0, 0.1) is 6.92 Å². The van der Waals surface area contributed by atoms with Gasteiger partial charge in [0, 0.05) is 24.0 Å². The second-order valence-corrected chi connectivity index (χ2v) is 5.52. The Morgan fingerprint density at radius 3 is 2.64 bits per heavy atom. The van der Waals surface area contributed by atoms with Crippen molar-refractivity contribution < 1.29 is 9.53 Å². The molecule has 22 heavy (non-hydrogen) atoms. The first kappa shape index (κ1) is 16.2. The number of ether oxygens (including phenoxy) is 1. The second kappa shape index (κ2) is 7.71. The van der Waals surface area contributed by atoms with Crippen LogP contribution in [-0.2, 0) is 4.74 Å². The summed E-state index contributed by atoms with van der Waals surface area (Å²) >= 11 is 0. The van der Waals surface area contributed by atoms with E-state index in [0.717, 1.165) is 29.8 Å². The lowest BCUT2D eigenvalue weighted by Gasteiger charge is -2.10. The van der Waals surface area contributed by atoms with Gasteiger partial charge in [-0.25, -0.2) is 4.79 Å². The van der Waals surface area contributed by atoms with Gasteiger partial charge in [-0.2, -0.15) is 0 Å². The minimum atomic E-state index is -0.316. The maximum Gasteiger partial charge on any atom is 0.339 e. The summed E-state index contributed by atoms with van der Waals surface area (Å²) in [5, 5.41) is 0. The van der Waals surface area contributed by atoms with E-state index >= 15 is 0 Å². The predicted octanol–water partition coefficient (Wildman–Crippen LogP) is 3.17. The zero-order valence-electron chi connectivity index (χ0n) is 13.4. The number of hydrogen-bond acceptors (Lipinski definition) is 4.